The summed E-state index contributed by atoms with van der Waals surface area (Å²) >= 11 is 7.44. The molecule has 1 N–H and O–H groups in total. The molecule has 1 fully saturated rings. The van der Waals surface area contributed by atoms with Crippen LogP contribution in [-0.2, 0) is 9.53 Å². The number of carboxylic acids is 1. The number of rotatable bonds is 3. The number of carbonyl (C=O) groups is 2. The predicted molar refractivity (Wildman–Crippen MR) is 85.8 cm³/mol. The number of hydrogen-bond donors (Lipinski definition) is 1. The van der Waals surface area contributed by atoms with E-state index in [-0.39, 0.29) is 18.8 Å². The van der Waals surface area contributed by atoms with Gasteiger partial charge in [0.05, 0.1) is 18.2 Å². The lowest BCUT2D eigenvalue weighted by Crippen LogP contribution is -2.52. The highest BCUT2D eigenvalue weighted by Gasteiger charge is 2.34. The van der Waals surface area contributed by atoms with Crippen molar-refractivity contribution in [3.05, 3.63) is 40.4 Å². The number of ether oxygens (including phenoxy) is 1. The fraction of sp³-hybridized carbons (Fsp3) is 0.267. The molecule has 1 aromatic carbocycles. The molecule has 1 aliphatic heterocycles. The summed E-state index contributed by atoms with van der Waals surface area (Å²) in [5.41, 5.74) is 0.966. The van der Waals surface area contributed by atoms with E-state index in [1.54, 1.807) is 11.4 Å². The first-order chi connectivity index (χ1) is 11.1. The molecule has 0 radical (unpaired) electrons. The lowest BCUT2D eigenvalue weighted by atomic mass is 10.2. The fourth-order valence-corrected chi connectivity index (χ4v) is 3.44. The van der Waals surface area contributed by atoms with Gasteiger partial charge in [0.1, 0.15) is 10.7 Å². The number of thiazole rings is 1. The van der Waals surface area contributed by atoms with Gasteiger partial charge in [0.15, 0.2) is 6.04 Å². The van der Waals surface area contributed by atoms with Crippen LogP contribution in [0.3, 0.4) is 0 Å². The van der Waals surface area contributed by atoms with Crippen molar-refractivity contribution in [2.45, 2.75) is 6.04 Å². The first-order valence-electron chi connectivity index (χ1n) is 6.90. The van der Waals surface area contributed by atoms with Crippen molar-refractivity contribution >= 4 is 34.8 Å². The number of amides is 1. The van der Waals surface area contributed by atoms with E-state index in [1.165, 1.54) is 16.2 Å². The number of halogens is 1. The molecular weight excluding hydrogens is 340 g/mol. The monoisotopic (exact) mass is 352 g/mol. The fourth-order valence-electron chi connectivity index (χ4n) is 2.33. The average molecular weight is 353 g/mol. The minimum atomic E-state index is -1.08. The largest absolute Gasteiger partial charge is 0.480 e. The number of aliphatic carboxylic acids is 1. The molecule has 1 saturated heterocycles. The zero-order chi connectivity index (χ0) is 16.4. The third-order valence-electron chi connectivity index (χ3n) is 3.50. The molecule has 3 rings (SSSR count). The van der Waals surface area contributed by atoms with Crippen molar-refractivity contribution < 1.29 is 19.4 Å². The van der Waals surface area contributed by atoms with Gasteiger partial charge in [-0.1, -0.05) is 29.8 Å². The number of nitrogens with zero attached hydrogens (tertiary/aromatic N) is 2. The average Bonchev–Trinajstić information content (AvgIpc) is 3.04. The van der Waals surface area contributed by atoms with Crippen molar-refractivity contribution in [3.8, 4) is 10.6 Å². The zero-order valence-corrected chi connectivity index (χ0v) is 13.5. The zero-order valence-electron chi connectivity index (χ0n) is 11.9. The van der Waals surface area contributed by atoms with Crippen LogP contribution in [-0.4, -0.2) is 52.7 Å². The molecule has 0 spiro atoms. The van der Waals surface area contributed by atoms with Crippen LogP contribution < -0.4 is 0 Å². The molecule has 0 unspecified atom stereocenters. The van der Waals surface area contributed by atoms with Gasteiger partial charge in [-0.2, -0.15) is 0 Å². The summed E-state index contributed by atoms with van der Waals surface area (Å²) in [4.78, 5) is 29.4. The smallest absolute Gasteiger partial charge is 0.328 e. The Morgan fingerprint density at radius 3 is 2.91 bits per heavy atom. The number of hydrogen-bond acceptors (Lipinski definition) is 5. The lowest BCUT2D eigenvalue weighted by molar-refractivity contribution is -0.147. The van der Waals surface area contributed by atoms with E-state index in [1.807, 2.05) is 18.2 Å². The van der Waals surface area contributed by atoms with E-state index < -0.39 is 17.9 Å². The third kappa shape index (κ3) is 3.21. The highest BCUT2D eigenvalue weighted by molar-refractivity contribution is 7.13. The van der Waals surface area contributed by atoms with Crippen LogP contribution in [0.2, 0.25) is 5.02 Å². The molecule has 1 aliphatic rings. The van der Waals surface area contributed by atoms with Crippen LogP contribution in [0.5, 0.6) is 0 Å². The summed E-state index contributed by atoms with van der Waals surface area (Å²) < 4.78 is 5.14. The first-order valence-corrected chi connectivity index (χ1v) is 8.15. The van der Waals surface area contributed by atoms with Crippen LogP contribution in [0.4, 0.5) is 0 Å². The summed E-state index contributed by atoms with van der Waals surface area (Å²) in [6.45, 7) is 0.536. The maximum atomic E-state index is 12.6. The number of carboxylic acid groups (broad SMARTS) is 1. The lowest BCUT2D eigenvalue weighted by Gasteiger charge is -2.32. The highest BCUT2D eigenvalue weighted by atomic mass is 35.5. The van der Waals surface area contributed by atoms with Crippen molar-refractivity contribution in [1.82, 2.24) is 9.88 Å². The van der Waals surface area contributed by atoms with Gasteiger partial charge < -0.3 is 14.7 Å². The van der Waals surface area contributed by atoms with Crippen molar-refractivity contribution in [1.29, 1.82) is 0 Å². The molecule has 2 aromatic rings. The van der Waals surface area contributed by atoms with Gasteiger partial charge in [-0.25, -0.2) is 9.78 Å². The summed E-state index contributed by atoms with van der Waals surface area (Å²) in [5.74, 6) is -1.49. The van der Waals surface area contributed by atoms with E-state index in [2.05, 4.69) is 4.98 Å². The van der Waals surface area contributed by atoms with Crippen molar-refractivity contribution in [2.24, 2.45) is 0 Å². The molecule has 6 nitrogen and oxygen atoms in total. The van der Waals surface area contributed by atoms with Gasteiger partial charge >= 0.3 is 5.97 Å². The van der Waals surface area contributed by atoms with Gasteiger partial charge in [0.2, 0.25) is 0 Å². The number of carbonyl (C=O) groups excluding carboxylic acids is 1. The Bertz CT molecular complexity index is 749. The molecular formula is C15H13ClN2O4S. The van der Waals surface area contributed by atoms with Crippen molar-refractivity contribution in [3.63, 3.8) is 0 Å². The minimum absolute atomic E-state index is 0.0113. The Labute approximate surface area is 141 Å². The van der Waals surface area contributed by atoms with E-state index >= 15 is 0 Å². The van der Waals surface area contributed by atoms with Crippen LogP contribution in [0, 0.1) is 0 Å². The Morgan fingerprint density at radius 2 is 2.17 bits per heavy atom. The summed E-state index contributed by atoms with van der Waals surface area (Å²) in [6, 6.07) is 6.25. The van der Waals surface area contributed by atoms with Crippen LogP contribution >= 0.6 is 22.9 Å². The second-order valence-corrected chi connectivity index (χ2v) is 6.21. The standard InChI is InChI=1S/C15H13ClN2O4S/c16-10-4-2-1-3-9(10)13-17-11(8-23-13)14(19)18-5-6-22-7-12(18)15(20)21/h1-4,8,12H,5-7H2,(H,20,21)/t12-/m0/s1. The summed E-state index contributed by atoms with van der Waals surface area (Å²) in [5, 5.41) is 12.0. The van der Waals surface area contributed by atoms with Gasteiger partial charge in [-0.15, -0.1) is 11.3 Å². The summed E-state index contributed by atoms with van der Waals surface area (Å²) in [6.07, 6.45) is 0. The Morgan fingerprint density at radius 1 is 1.39 bits per heavy atom. The Kier molecular flexibility index (Phi) is 4.61. The second-order valence-electron chi connectivity index (χ2n) is 4.95. The third-order valence-corrected chi connectivity index (χ3v) is 4.71. The molecule has 0 saturated carbocycles. The van der Waals surface area contributed by atoms with E-state index in [0.717, 1.165) is 5.56 Å². The maximum Gasteiger partial charge on any atom is 0.328 e. The topological polar surface area (TPSA) is 79.7 Å². The highest BCUT2D eigenvalue weighted by Crippen LogP contribution is 2.30. The van der Waals surface area contributed by atoms with Gasteiger partial charge in [0, 0.05) is 17.5 Å². The number of morpholine rings is 1. The first kappa shape index (κ1) is 15.9. The minimum Gasteiger partial charge on any atom is -0.480 e. The van der Waals surface area contributed by atoms with Gasteiger partial charge in [-0.3, -0.25) is 4.79 Å². The quantitative estimate of drug-likeness (QED) is 0.917. The molecule has 120 valence electrons. The molecule has 1 atom stereocenters. The van der Waals surface area contributed by atoms with E-state index in [9.17, 15) is 14.7 Å². The van der Waals surface area contributed by atoms with E-state index in [0.29, 0.717) is 16.6 Å². The number of aromatic nitrogens is 1. The van der Waals surface area contributed by atoms with Crippen molar-refractivity contribution in [2.75, 3.05) is 19.8 Å². The second kappa shape index (κ2) is 6.66. The van der Waals surface area contributed by atoms with Crippen LogP contribution in [0.25, 0.3) is 10.6 Å². The van der Waals surface area contributed by atoms with E-state index in [4.69, 9.17) is 16.3 Å². The number of benzene rings is 1. The predicted octanol–water partition coefficient (Wildman–Crippen LogP) is 2.39. The van der Waals surface area contributed by atoms with Gasteiger partial charge in [0.25, 0.3) is 5.91 Å². The molecule has 1 amide bonds. The normalized spacial score (nSPS) is 18.0. The molecule has 23 heavy (non-hydrogen) atoms. The molecule has 1 aromatic heterocycles. The maximum absolute atomic E-state index is 12.6. The SMILES string of the molecule is O=C(O)[C@@H]1COCCN1C(=O)c1csc(-c2ccccc2Cl)n1. The molecule has 2 heterocycles. The van der Waals surface area contributed by atoms with Crippen LogP contribution in [0.15, 0.2) is 29.6 Å². The van der Waals surface area contributed by atoms with Crippen LogP contribution in [0.1, 0.15) is 10.5 Å². The molecule has 0 bridgehead atoms. The molecule has 0 aliphatic carbocycles. The Balaban J connectivity index is 1.86. The Hall–Kier alpha value is -1.96. The molecule has 8 heteroatoms. The summed E-state index contributed by atoms with van der Waals surface area (Å²) in [7, 11) is 0. The van der Waals surface area contributed by atoms with Gasteiger partial charge in [-0.05, 0) is 6.07 Å².